The summed E-state index contributed by atoms with van der Waals surface area (Å²) in [4.78, 5) is 27.3. The SMILES string of the molecule is CCNC(=O)Oc1c(OCC)cc(C(=O)CN2Cc3cc(OCC)c(OCC)c(F)c3C2=N)cc1C(C)(C)C. The summed E-state index contributed by atoms with van der Waals surface area (Å²) in [5.74, 6) is -0.296. The topological polar surface area (TPSA) is 110 Å². The Morgan fingerprint density at radius 2 is 1.59 bits per heavy atom. The molecule has 0 aromatic heterocycles. The molecular weight excluding hydrogens is 505 g/mol. The lowest BCUT2D eigenvalue weighted by atomic mass is 9.84. The monoisotopic (exact) mass is 543 g/mol. The van der Waals surface area contributed by atoms with Gasteiger partial charge in [0, 0.05) is 24.2 Å². The van der Waals surface area contributed by atoms with Gasteiger partial charge < -0.3 is 29.2 Å². The quantitative estimate of drug-likeness (QED) is 0.363. The minimum Gasteiger partial charge on any atom is -0.490 e. The molecule has 0 spiro atoms. The summed E-state index contributed by atoms with van der Waals surface area (Å²) in [6.07, 6.45) is -0.619. The van der Waals surface area contributed by atoms with Crippen molar-refractivity contribution in [2.24, 2.45) is 0 Å². The Morgan fingerprint density at radius 3 is 2.15 bits per heavy atom. The molecule has 2 aromatic carbocycles. The van der Waals surface area contributed by atoms with Crippen molar-refractivity contribution in [2.75, 3.05) is 32.9 Å². The van der Waals surface area contributed by atoms with Crippen LogP contribution in [-0.4, -0.2) is 55.5 Å². The number of carbonyl (C=O) groups excluding carboxylic acids is 2. The fraction of sp³-hybridized carbons (Fsp3) is 0.483. The van der Waals surface area contributed by atoms with Crippen molar-refractivity contribution < 1.29 is 32.9 Å². The molecule has 0 unspecified atom stereocenters. The minimum atomic E-state index is -0.668. The third-order valence-electron chi connectivity index (χ3n) is 6.11. The third-order valence-corrected chi connectivity index (χ3v) is 6.11. The molecule has 1 aliphatic rings. The molecule has 1 amide bonds. The second-order valence-corrected chi connectivity index (χ2v) is 10.00. The standard InChI is InChI=1S/C29H38FN3O6/c1-8-32-28(35)39-25-19(29(5,6)7)12-17(13-21(25)36-9-2)20(34)16-33-15-18-14-22(37-10-3)26(38-11-4)24(30)23(18)27(33)31/h12-14,31H,8-11,15-16H2,1-7H3,(H,32,35). The van der Waals surface area contributed by atoms with Crippen LogP contribution in [-0.2, 0) is 12.0 Å². The molecular formula is C29H38FN3O6. The van der Waals surface area contributed by atoms with Crippen LogP contribution in [0.1, 0.15) is 75.5 Å². The van der Waals surface area contributed by atoms with Crippen LogP contribution in [0, 0.1) is 11.2 Å². The number of benzene rings is 2. The molecule has 212 valence electrons. The zero-order chi connectivity index (χ0) is 28.9. The van der Waals surface area contributed by atoms with Crippen molar-refractivity contribution in [3.63, 3.8) is 0 Å². The number of amidine groups is 1. The second-order valence-electron chi connectivity index (χ2n) is 10.00. The van der Waals surface area contributed by atoms with Gasteiger partial charge in [0.1, 0.15) is 5.84 Å². The van der Waals surface area contributed by atoms with Gasteiger partial charge in [0.2, 0.25) is 0 Å². The smallest absolute Gasteiger partial charge is 0.412 e. The van der Waals surface area contributed by atoms with Crippen LogP contribution < -0.4 is 24.3 Å². The van der Waals surface area contributed by atoms with Gasteiger partial charge in [-0.1, -0.05) is 20.8 Å². The van der Waals surface area contributed by atoms with E-state index in [-0.39, 0.29) is 59.9 Å². The van der Waals surface area contributed by atoms with Crippen molar-refractivity contribution in [3.05, 3.63) is 46.3 Å². The zero-order valence-electron chi connectivity index (χ0n) is 23.7. The summed E-state index contributed by atoms with van der Waals surface area (Å²) in [5, 5.41) is 11.2. The van der Waals surface area contributed by atoms with Crippen molar-refractivity contribution in [3.8, 4) is 23.0 Å². The number of rotatable bonds is 11. The fourth-order valence-electron chi connectivity index (χ4n) is 4.38. The molecule has 0 aliphatic carbocycles. The number of fused-ring (bicyclic) bond motifs is 1. The van der Waals surface area contributed by atoms with E-state index >= 15 is 4.39 Å². The number of halogens is 1. The number of Topliss-reactive ketones (excluding diaryl/α,β-unsaturated/α-hetero) is 1. The first kappa shape index (κ1) is 29.7. The molecule has 9 nitrogen and oxygen atoms in total. The third kappa shape index (κ3) is 6.43. The van der Waals surface area contributed by atoms with E-state index < -0.39 is 17.3 Å². The van der Waals surface area contributed by atoms with E-state index in [1.165, 1.54) is 4.90 Å². The zero-order valence-corrected chi connectivity index (χ0v) is 23.7. The summed E-state index contributed by atoms with van der Waals surface area (Å²) in [6, 6.07) is 4.90. The van der Waals surface area contributed by atoms with E-state index in [1.54, 1.807) is 45.9 Å². The van der Waals surface area contributed by atoms with E-state index in [9.17, 15) is 9.59 Å². The van der Waals surface area contributed by atoms with Crippen LogP contribution in [0.15, 0.2) is 18.2 Å². The molecule has 10 heteroatoms. The van der Waals surface area contributed by atoms with Crippen molar-refractivity contribution in [1.82, 2.24) is 10.2 Å². The van der Waals surface area contributed by atoms with Crippen molar-refractivity contribution in [1.29, 1.82) is 5.41 Å². The molecule has 0 radical (unpaired) electrons. The molecule has 2 aromatic rings. The number of ether oxygens (including phenoxy) is 4. The summed E-state index contributed by atoms with van der Waals surface area (Å²) in [5.41, 5.74) is 1.12. The Bertz CT molecular complexity index is 1250. The Kier molecular flexibility index (Phi) is 9.42. The average Bonchev–Trinajstić information content (AvgIpc) is 3.16. The van der Waals surface area contributed by atoms with Gasteiger partial charge in [-0.15, -0.1) is 0 Å². The van der Waals surface area contributed by atoms with Crippen molar-refractivity contribution >= 4 is 17.7 Å². The summed E-state index contributed by atoms with van der Waals surface area (Å²) in [7, 11) is 0. The Hall–Kier alpha value is -3.82. The molecule has 0 saturated heterocycles. The van der Waals surface area contributed by atoms with Crippen LogP contribution >= 0.6 is 0 Å². The number of hydrogen-bond acceptors (Lipinski definition) is 7. The van der Waals surface area contributed by atoms with Crippen LogP contribution in [0.4, 0.5) is 9.18 Å². The highest BCUT2D eigenvalue weighted by molar-refractivity contribution is 6.06. The molecule has 0 bridgehead atoms. The highest BCUT2D eigenvalue weighted by Gasteiger charge is 2.34. The number of nitrogens with zero attached hydrogens (tertiary/aromatic N) is 1. The van der Waals surface area contributed by atoms with Gasteiger partial charge in [0.15, 0.2) is 34.6 Å². The number of amides is 1. The van der Waals surface area contributed by atoms with E-state index in [0.717, 1.165) is 0 Å². The van der Waals surface area contributed by atoms with Gasteiger partial charge in [-0.2, -0.15) is 0 Å². The Morgan fingerprint density at radius 1 is 0.974 bits per heavy atom. The molecule has 0 atom stereocenters. The van der Waals surface area contributed by atoms with Gasteiger partial charge in [-0.25, -0.2) is 9.18 Å². The molecule has 0 saturated carbocycles. The summed E-state index contributed by atoms with van der Waals surface area (Å²) >= 11 is 0. The van der Waals surface area contributed by atoms with Crippen LogP contribution in [0.2, 0.25) is 0 Å². The lowest BCUT2D eigenvalue weighted by molar-refractivity contribution is 0.0962. The first-order chi connectivity index (χ1) is 18.5. The molecule has 2 N–H and O–H groups in total. The van der Waals surface area contributed by atoms with Crippen molar-refractivity contribution in [2.45, 2.75) is 60.4 Å². The van der Waals surface area contributed by atoms with E-state index in [2.05, 4.69) is 5.32 Å². The van der Waals surface area contributed by atoms with Gasteiger partial charge in [0.25, 0.3) is 0 Å². The normalized spacial score (nSPS) is 12.7. The van der Waals surface area contributed by atoms with E-state index in [1.807, 2.05) is 20.8 Å². The van der Waals surface area contributed by atoms with Gasteiger partial charge in [0.05, 0.1) is 31.9 Å². The molecule has 1 aliphatic heterocycles. The average molecular weight is 544 g/mol. The number of nitrogens with one attached hydrogen (secondary N) is 2. The Balaban J connectivity index is 1.96. The highest BCUT2D eigenvalue weighted by Crippen LogP contribution is 2.41. The van der Waals surface area contributed by atoms with Crippen LogP contribution in [0.5, 0.6) is 23.0 Å². The van der Waals surface area contributed by atoms with Crippen LogP contribution in [0.25, 0.3) is 0 Å². The second kappa shape index (κ2) is 12.4. The van der Waals surface area contributed by atoms with Gasteiger partial charge >= 0.3 is 6.09 Å². The predicted molar refractivity (Wildman–Crippen MR) is 146 cm³/mol. The first-order valence-corrected chi connectivity index (χ1v) is 13.2. The largest absolute Gasteiger partial charge is 0.490 e. The maximum absolute atomic E-state index is 15.4. The van der Waals surface area contributed by atoms with Crippen LogP contribution in [0.3, 0.4) is 0 Å². The summed E-state index contributed by atoms with van der Waals surface area (Å²) in [6.45, 7) is 14.2. The number of hydrogen-bond donors (Lipinski definition) is 2. The predicted octanol–water partition coefficient (Wildman–Crippen LogP) is 5.45. The maximum atomic E-state index is 15.4. The molecule has 0 fully saturated rings. The summed E-state index contributed by atoms with van der Waals surface area (Å²) < 4.78 is 37.9. The molecule has 39 heavy (non-hydrogen) atoms. The maximum Gasteiger partial charge on any atom is 0.412 e. The Labute approximate surface area is 229 Å². The highest BCUT2D eigenvalue weighted by atomic mass is 19.1. The van der Waals surface area contributed by atoms with E-state index in [0.29, 0.717) is 36.4 Å². The fourth-order valence-corrected chi connectivity index (χ4v) is 4.38. The first-order valence-electron chi connectivity index (χ1n) is 13.2. The number of ketones is 1. The number of carbonyl (C=O) groups is 2. The molecule has 3 rings (SSSR count). The van der Waals surface area contributed by atoms with Gasteiger partial charge in [-0.3, -0.25) is 10.2 Å². The molecule has 1 heterocycles. The lowest BCUT2D eigenvalue weighted by Crippen LogP contribution is -2.31. The van der Waals surface area contributed by atoms with E-state index in [4.69, 9.17) is 24.4 Å². The van der Waals surface area contributed by atoms with Gasteiger partial charge in [-0.05, 0) is 56.9 Å². The minimum absolute atomic E-state index is 0.0325. The lowest BCUT2D eigenvalue weighted by Gasteiger charge is -2.25.